The van der Waals surface area contributed by atoms with Crippen LogP contribution in [0.15, 0.2) is 48.7 Å². The average molecular weight is 286 g/mol. The van der Waals surface area contributed by atoms with Crippen molar-refractivity contribution in [3.05, 3.63) is 65.5 Å². The second kappa shape index (κ2) is 7.10. The minimum atomic E-state index is -0.337. The van der Waals surface area contributed by atoms with Gasteiger partial charge in [-0.15, -0.1) is 0 Å². The molecule has 1 atom stereocenters. The fraction of sp³-hybridized carbons (Fsp3) is 0.250. The molecule has 4 heteroatoms. The van der Waals surface area contributed by atoms with Crippen LogP contribution in [0.2, 0.25) is 0 Å². The van der Waals surface area contributed by atoms with E-state index in [-0.39, 0.29) is 11.2 Å². The van der Waals surface area contributed by atoms with Crippen LogP contribution in [0.1, 0.15) is 16.8 Å². The summed E-state index contributed by atoms with van der Waals surface area (Å²) in [4.78, 5) is 16.2. The van der Waals surface area contributed by atoms with E-state index in [0.717, 1.165) is 16.8 Å². The fourth-order valence-corrected chi connectivity index (χ4v) is 2.14. The van der Waals surface area contributed by atoms with Gasteiger partial charge >= 0.3 is 0 Å². The molecule has 0 radical (unpaired) electrons. The first-order chi connectivity index (χ1) is 9.65. The Morgan fingerprint density at radius 1 is 1.20 bits per heavy atom. The summed E-state index contributed by atoms with van der Waals surface area (Å²) >= 11 is 4.37. The van der Waals surface area contributed by atoms with Crippen molar-refractivity contribution in [1.29, 1.82) is 0 Å². The Kier molecular flexibility index (Phi) is 5.18. The van der Waals surface area contributed by atoms with E-state index in [9.17, 15) is 4.79 Å². The smallest absolute Gasteiger partial charge is 0.233 e. The zero-order valence-electron chi connectivity index (χ0n) is 11.4. The molecule has 20 heavy (non-hydrogen) atoms. The third-order valence-electron chi connectivity index (χ3n) is 3.01. The van der Waals surface area contributed by atoms with Gasteiger partial charge in [0.2, 0.25) is 5.91 Å². The van der Waals surface area contributed by atoms with E-state index in [2.05, 4.69) is 22.9 Å². The van der Waals surface area contributed by atoms with Crippen LogP contribution in [0.3, 0.4) is 0 Å². The lowest BCUT2D eigenvalue weighted by atomic mass is 10.1. The highest BCUT2D eigenvalue weighted by Gasteiger charge is 2.13. The first-order valence-electron chi connectivity index (χ1n) is 6.56. The lowest BCUT2D eigenvalue weighted by Gasteiger charge is -2.11. The largest absolute Gasteiger partial charge is 0.351 e. The van der Waals surface area contributed by atoms with Gasteiger partial charge in [0.1, 0.15) is 0 Å². The van der Waals surface area contributed by atoms with Gasteiger partial charge in [0.05, 0.1) is 5.25 Å². The Morgan fingerprint density at radius 3 is 2.60 bits per heavy atom. The van der Waals surface area contributed by atoms with Gasteiger partial charge in [-0.05, 0) is 30.5 Å². The van der Waals surface area contributed by atoms with Crippen LogP contribution < -0.4 is 5.32 Å². The molecule has 1 amide bonds. The van der Waals surface area contributed by atoms with E-state index < -0.39 is 0 Å². The molecule has 2 aromatic rings. The molecule has 1 heterocycles. The molecule has 1 aromatic heterocycles. The quantitative estimate of drug-likeness (QED) is 0.830. The van der Waals surface area contributed by atoms with Gasteiger partial charge in [0.25, 0.3) is 0 Å². The van der Waals surface area contributed by atoms with Crippen molar-refractivity contribution in [3.63, 3.8) is 0 Å². The number of pyridine rings is 1. The van der Waals surface area contributed by atoms with Crippen LogP contribution in [0.4, 0.5) is 0 Å². The molecule has 1 unspecified atom stereocenters. The Morgan fingerprint density at radius 2 is 1.95 bits per heavy atom. The summed E-state index contributed by atoms with van der Waals surface area (Å²) in [5.41, 5.74) is 3.07. The summed E-state index contributed by atoms with van der Waals surface area (Å²) < 4.78 is 0. The van der Waals surface area contributed by atoms with Crippen LogP contribution in [0.25, 0.3) is 0 Å². The second-order valence-electron chi connectivity index (χ2n) is 4.73. The highest BCUT2D eigenvalue weighted by atomic mass is 32.1. The first-order valence-corrected chi connectivity index (χ1v) is 7.08. The highest BCUT2D eigenvalue weighted by molar-refractivity contribution is 7.81. The van der Waals surface area contributed by atoms with Crippen molar-refractivity contribution in [2.45, 2.75) is 25.1 Å². The maximum absolute atomic E-state index is 12.0. The fourth-order valence-electron chi connectivity index (χ4n) is 1.84. The topological polar surface area (TPSA) is 42.0 Å². The number of benzene rings is 1. The normalized spacial score (nSPS) is 11.9. The zero-order chi connectivity index (χ0) is 14.4. The molecule has 0 aliphatic carbocycles. The summed E-state index contributed by atoms with van der Waals surface area (Å²) in [5.74, 6) is -0.0576. The van der Waals surface area contributed by atoms with Crippen LogP contribution in [-0.2, 0) is 17.8 Å². The van der Waals surface area contributed by atoms with E-state index >= 15 is 0 Å². The SMILES string of the molecule is Cc1ccc(CNC(=O)C(S)Cc2ccccc2)cn1. The standard InChI is InChI=1S/C16H18N2OS/c1-12-7-8-14(10-17-12)11-18-16(19)15(20)9-13-5-3-2-4-6-13/h2-8,10,15,20H,9,11H2,1H3,(H,18,19). The summed E-state index contributed by atoms with van der Waals surface area (Å²) in [7, 11) is 0. The molecule has 3 nitrogen and oxygen atoms in total. The number of thiol groups is 1. The lowest BCUT2D eigenvalue weighted by Crippen LogP contribution is -2.32. The molecule has 104 valence electrons. The van der Waals surface area contributed by atoms with Gasteiger partial charge in [0, 0.05) is 18.4 Å². The third kappa shape index (κ3) is 4.38. The van der Waals surface area contributed by atoms with Gasteiger partial charge in [0.15, 0.2) is 0 Å². The van der Waals surface area contributed by atoms with Crippen molar-refractivity contribution in [3.8, 4) is 0 Å². The maximum atomic E-state index is 12.0. The van der Waals surface area contributed by atoms with Crippen LogP contribution in [-0.4, -0.2) is 16.1 Å². The summed E-state index contributed by atoms with van der Waals surface area (Å²) in [5, 5.41) is 2.55. The van der Waals surface area contributed by atoms with E-state index in [4.69, 9.17) is 0 Å². The molecular weight excluding hydrogens is 268 g/mol. The Hall–Kier alpha value is -1.81. The van der Waals surface area contributed by atoms with E-state index in [1.807, 2.05) is 49.4 Å². The van der Waals surface area contributed by atoms with Crippen LogP contribution >= 0.6 is 12.6 Å². The van der Waals surface area contributed by atoms with Crippen molar-refractivity contribution in [1.82, 2.24) is 10.3 Å². The van der Waals surface area contributed by atoms with Gasteiger partial charge in [-0.25, -0.2) is 0 Å². The van der Waals surface area contributed by atoms with Crippen LogP contribution in [0.5, 0.6) is 0 Å². The monoisotopic (exact) mass is 286 g/mol. The summed E-state index contributed by atoms with van der Waals surface area (Å²) in [6, 6.07) is 13.8. The molecule has 0 aliphatic rings. The third-order valence-corrected chi connectivity index (χ3v) is 3.43. The van der Waals surface area contributed by atoms with Crippen molar-refractivity contribution < 1.29 is 4.79 Å². The number of aryl methyl sites for hydroxylation is 1. The van der Waals surface area contributed by atoms with Crippen molar-refractivity contribution in [2.75, 3.05) is 0 Å². The molecule has 0 saturated heterocycles. The van der Waals surface area contributed by atoms with Gasteiger partial charge in [-0.1, -0.05) is 36.4 Å². The Balaban J connectivity index is 1.83. The number of nitrogens with zero attached hydrogens (tertiary/aromatic N) is 1. The van der Waals surface area contributed by atoms with E-state index in [1.54, 1.807) is 6.20 Å². The maximum Gasteiger partial charge on any atom is 0.233 e. The van der Waals surface area contributed by atoms with Crippen molar-refractivity contribution in [2.24, 2.45) is 0 Å². The molecule has 1 N–H and O–H groups in total. The number of amides is 1. The van der Waals surface area contributed by atoms with E-state index in [1.165, 1.54) is 0 Å². The number of hydrogen-bond donors (Lipinski definition) is 2. The molecular formula is C16H18N2OS. The number of rotatable bonds is 5. The summed E-state index contributed by atoms with van der Waals surface area (Å²) in [6.45, 7) is 2.42. The van der Waals surface area contributed by atoms with Gasteiger partial charge in [-0.2, -0.15) is 12.6 Å². The Labute approximate surface area is 124 Å². The average Bonchev–Trinajstić information content (AvgIpc) is 2.47. The highest BCUT2D eigenvalue weighted by Crippen LogP contribution is 2.08. The Bertz CT molecular complexity index is 554. The number of carbonyl (C=O) groups excluding carboxylic acids is 1. The minimum absolute atomic E-state index is 0.0576. The van der Waals surface area contributed by atoms with Gasteiger partial charge in [-0.3, -0.25) is 9.78 Å². The van der Waals surface area contributed by atoms with Gasteiger partial charge < -0.3 is 5.32 Å². The minimum Gasteiger partial charge on any atom is -0.351 e. The second-order valence-corrected chi connectivity index (χ2v) is 5.35. The molecule has 0 fully saturated rings. The van der Waals surface area contributed by atoms with E-state index in [0.29, 0.717) is 13.0 Å². The molecule has 0 aliphatic heterocycles. The predicted octanol–water partition coefficient (Wildman–Crippen LogP) is 2.55. The number of hydrogen-bond acceptors (Lipinski definition) is 3. The number of aromatic nitrogens is 1. The van der Waals surface area contributed by atoms with Crippen LogP contribution in [0, 0.1) is 6.92 Å². The summed E-state index contributed by atoms with van der Waals surface area (Å²) in [6.07, 6.45) is 2.41. The molecule has 0 saturated carbocycles. The number of nitrogens with one attached hydrogen (secondary N) is 1. The van der Waals surface area contributed by atoms with Crippen molar-refractivity contribution >= 4 is 18.5 Å². The first kappa shape index (κ1) is 14.6. The molecule has 0 bridgehead atoms. The molecule has 0 spiro atoms. The molecule has 1 aromatic carbocycles. The molecule has 2 rings (SSSR count). The lowest BCUT2D eigenvalue weighted by molar-refractivity contribution is -0.120. The predicted molar refractivity (Wildman–Crippen MR) is 83.7 cm³/mol. The zero-order valence-corrected chi connectivity index (χ0v) is 12.3. The number of carbonyl (C=O) groups is 1.